The average Bonchev–Trinajstić information content (AvgIpc) is 4.31. The number of halogens is 8. The Morgan fingerprint density at radius 1 is 0.557 bits per heavy atom. The van der Waals surface area contributed by atoms with E-state index in [-0.39, 0.29) is 73.0 Å². The molecule has 27 heteroatoms. The maximum atomic E-state index is 15.0. The minimum absolute atomic E-state index is 0.0278. The molecule has 4 aliphatic carbocycles. The standard InChI is InChI=1S/C52H53Cl8N7O12/c1-61-33(49(74)76-21-51(55,56)57)11-13-63-43(68)39-23-15-29(35(17-23)78-47(72)27-19-37(53)65-31-9-5-3-7-25(27)31)41(39)45(70)67-46(71)42-30-16-24(40(42)44(69)64-14-12-34(62-2)50(75)77-22-52(58,59)60)18-36(30)79-48(73)28-20-38(54)66-32-10-6-4-8-26(28)32/h3-10,19-20,23-24,29-30,33-36,39-42,61-62H,11-18,21-22H2,1-2H3,(H,63,68)(H,64,69)(H,67,70,71). The number of benzene rings is 2. The summed E-state index contributed by atoms with van der Waals surface area (Å²) in [6.07, 6.45) is -0.876. The Labute approximate surface area is 493 Å². The van der Waals surface area contributed by atoms with Crippen LogP contribution in [0, 0.1) is 47.3 Å². The van der Waals surface area contributed by atoms with Gasteiger partial charge < -0.3 is 40.2 Å². The summed E-state index contributed by atoms with van der Waals surface area (Å²) < 4.78 is 18.8. The summed E-state index contributed by atoms with van der Waals surface area (Å²) in [5.74, 6) is -13.0. The highest BCUT2D eigenvalue weighted by molar-refractivity contribution is 6.68. The van der Waals surface area contributed by atoms with Gasteiger partial charge in [-0.1, -0.05) is 129 Å². The van der Waals surface area contributed by atoms with E-state index in [4.69, 9.17) is 112 Å². The molecule has 0 spiro atoms. The molecule has 0 aliphatic heterocycles. The number of hydrogen-bond acceptors (Lipinski definition) is 16. The van der Waals surface area contributed by atoms with Gasteiger partial charge in [0.15, 0.2) is 0 Å². The predicted octanol–water partition coefficient (Wildman–Crippen LogP) is 7.04. The Morgan fingerprint density at radius 3 is 1.30 bits per heavy atom. The molecule has 4 amide bonds. The number of ether oxygens (including phenoxy) is 4. The van der Waals surface area contributed by atoms with Gasteiger partial charge in [-0.2, -0.15) is 0 Å². The lowest BCUT2D eigenvalue weighted by Crippen LogP contribution is -2.54. The minimum Gasteiger partial charge on any atom is -0.460 e. The van der Waals surface area contributed by atoms with Crippen LogP contribution in [0.4, 0.5) is 0 Å². The maximum absolute atomic E-state index is 15.0. The third-order valence-electron chi connectivity index (χ3n) is 15.2. The molecule has 0 saturated heterocycles. The van der Waals surface area contributed by atoms with E-state index in [1.807, 2.05) is 0 Å². The van der Waals surface area contributed by atoms with Crippen LogP contribution in [0.25, 0.3) is 21.8 Å². The van der Waals surface area contributed by atoms with Gasteiger partial charge in [0.25, 0.3) is 0 Å². The van der Waals surface area contributed by atoms with Gasteiger partial charge in [-0.3, -0.25) is 34.1 Å². The second-order valence-electron chi connectivity index (χ2n) is 19.9. The molecule has 8 rings (SSSR count). The van der Waals surface area contributed by atoms with E-state index in [1.54, 1.807) is 48.5 Å². The van der Waals surface area contributed by atoms with Gasteiger partial charge in [0.05, 0.1) is 45.8 Å². The van der Waals surface area contributed by atoms with Gasteiger partial charge in [-0.25, -0.2) is 19.6 Å². The lowest BCUT2D eigenvalue weighted by atomic mass is 9.75. The third kappa shape index (κ3) is 14.4. The number of alkyl halides is 6. The molecule has 79 heavy (non-hydrogen) atoms. The maximum Gasteiger partial charge on any atom is 0.339 e. The lowest BCUT2D eigenvalue weighted by Gasteiger charge is -2.36. The molecule has 424 valence electrons. The fraction of sp³-hybridized carbons (Fsp3) is 0.500. The summed E-state index contributed by atoms with van der Waals surface area (Å²) in [4.78, 5) is 121. The Kier molecular flexibility index (Phi) is 19.7. The van der Waals surface area contributed by atoms with Crippen LogP contribution < -0.4 is 26.6 Å². The second-order valence-corrected chi connectivity index (χ2v) is 25.7. The number of nitrogens with one attached hydrogen (secondary N) is 5. The van der Waals surface area contributed by atoms with Crippen LogP contribution in [0.1, 0.15) is 59.2 Å². The average molecular weight is 1250 g/mol. The first-order valence-electron chi connectivity index (χ1n) is 25.2. The fourth-order valence-electron chi connectivity index (χ4n) is 11.8. The molecule has 2 aromatic carbocycles. The minimum atomic E-state index is -1.86. The number of carbonyl (C=O) groups excluding carboxylic acids is 8. The molecule has 2 aromatic heterocycles. The highest BCUT2D eigenvalue weighted by atomic mass is 35.6. The van der Waals surface area contributed by atoms with Crippen molar-refractivity contribution in [3.05, 3.63) is 82.1 Å². The zero-order chi connectivity index (χ0) is 57.1. The van der Waals surface area contributed by atoms with Crippen LogP contribution in [0.15, 0.2) is 60.7 Å². The van der Waals surface area contributed by atoms with Crippen molar-refractivity contribution in [1.29, 1.82) is 0 Å². The number of esters is 4. The molecule has 12 atom stereocenters. The largest absolute Gasteiger partial charge is 0.460 e. The topological polar surface area (TPSA) is 259 Å². The quantitative estimate of drug-likeness (QED) is 0.0195. The summed E-state index contributed by atoms with van der Waals surface area (Å²) >= 11 is 47.2. The molecule has 2 heterocycles. The van der Waals surface area contributed by atoms with E-state index in [9.17, 15) is 38.4 Å². The number of hydrogen-bond donors (Lipinski definition) is 5. The van der Waals surface area contributed by atoms with Crippen molar-refractivity contribution in [3.63, 3.8) is 0 Å². The van der Waals surface area contributed by atoms with Crippen LogP contribution in [-0.2, 0) is 47.7 Å². The Hall–Kier alpha value is -4.54. The number of fused-ring (bicyclic) bond motifs is 6. The van der Waals surface area contributed by atoms with Crippen molar-refractivity contribution >= 4 is 162 Å². The van der Waals surface area contributed by atoms with Crippen molar-refractivity contribution in [2.24, 2.45) is 47.3 Å². The third-order valence-corrected chi connectivity index (χ3v) is 16.2. The van der Waals surface area contributed by atoms with Crippen molar-refractivity contribution in [2.75, 3.05) is 40.4 Å². The predicted molar refractivity (Wildman–Crippen MR) is 295 cm³/mol. The number of carbonyl (C=O) groups is 8. The van der Waals surface area contributed by atoms with Crippen LogP contribution in [0.5, 0.6) is 0 Å². The molecule has 4 saturated carbocycles. The molecular weight excluding hydrogens is 1200 g/mol. The first-order valence-corrected chi connectivity index (χ1v) is 28.2. The molecule has 4 aromatic rings. The summed E-state index contributed by atoms with van der Waals surface area (Å²) in [5.41, 5.74) is 1.16. The van der Waals surface area contributed by atoms with Gasteiger partial charge in [0, 0.05) is 35.7 Å². The first kappa shape index (κ1) is 60.6. The van der Waals surface area contributed by atoms with Crippen molar-refractivity contribution < 1.29 is 57.3 Å². The van der Waals surface area contributed by atoms with E-state index < -0.39 is 140 Å². The number of pyridine rings is 2. The number of rotatable bonds is 20. The molecule has 12 unspecified atom stereocenters. The van der Waals surface area contributed by atoms with E-state index in [0.717, 1.165) is 0 Å². The van der Waals surface area contributed by atoms with E-state index in [2.05, 4.69) is 36.6 Å². The molecular formula is C52H53Cl8N7O12. The Bertz CT molecular complexity index is 2820. The smallest absolute Gasteiger partial charge is 0.339 e. The lowest BCUT2D eigenvalue weighted by molar-refractivity contribution is -0.147. The normalized spacial score (nSPS) is 24.8. The summed E-state index contributed by atoms with van der Waals surface area (Å²) in [6.45, 7) is -1.19. The fourth-order valence-corrected chi connectivity index (χ4v) is 12.6. The highest BCUT2D eigenvalue weighted by Crippen LogP contribution is 2.56. The summed E-state index contributed by atoms with van der Waals surface area (Å²) in [5, 5.41) is 14.9. The molecule has 4 aliphatic rings. The SMILES string of the molecule is CNC(CCNC(=O)C1C2CC(OC(=O)c3cc(Cl)nc4ccccc34)C(C2)C1C(=O)NC(=O)C1C2CC(CC2OC(=O)c2cc(Cl)nc3ccccc23)C1C(=O)NCCC(NC)C(=O)OCC(Cl)(Cl)Cl)C(=O)OCC(Cl)(Cl)Cl. The number of likely N-dealkylation sites (N-methyl/N-ethyl adjacent to an activating group) is 2. The zero-order valence-electron chi connectivity index (χ0n) is 42.1. The molecule has 4 bridgehead atoms. The number of aromatic nitrogens is 2. The monoisotopic (exact) mass is 1250 g/mol. The molecule has 19 nitrogen and oxygen atoms in total. The number of imide groups is 1. The van der Waals surface area contributed by atoms with Gasteiger partial charge in [0.1, 0.15) is 47.8 Å². The van der Waals surface area contributed by atoms with E-state index >= 15 is 0 Å². The Morgan fingerprint density at radius 2 is 0.937 bits per heavy atom. The van der Waals surface area contributed by atoms with Crippen LogP contribution in [0.2, 0.25) is 10.3 Å². The number of amides is 4. The van der Waals surface area contributed by atoms with Crippen LogP contribution in [-0.4, -0.2) is 130 Å². The van der Waals surface area contributed by atoms with Gasteiger partial charge >= 0.3 is 23.9 Å². The second kappa shape index (κ2) is 25.7. The van der Waals surface area contributed by atoms with Crippen molar-refractivity contribution in [2.45, 2.75) is 70.4 Å². The van der Waals surface area contributed by atoms with E-state index in [1.165, 1.54) is 26.2 Å². The van der Waals surface area contributed by atoms with Gasteiger partial charge in [0.2, 0.25) is 31.2 Å². The zero-order valence-corrected chi connectivity index (χ0v) is 48.1. The first-order chi connectivity index (χ1) is 37.4. The molecule has 4 fully saturated rings. The summed E-state index contributed by atoms with van der Waals surface area (Å²) in [6, 6.07) is 14.6. The van der Waals surface area contributed by atoms with Gasteiger partial charge in [-0.15, -0.1) is 0 Å². The van der Waals surface area contributed by atoms with Crippen molar-refractivity contribution in [1.82, 2.24) is 36.6 Å². The molecule has 0 radical (unpaired) electrons. The van der Waals surface area contributed by atoms with E-state index in [0.29, 0.717) is 21.8 Å². The van der Waals surface area contributed by atoms with Crippen molar-refractivity contribution in [3.8, 4) is 0 Å². The van der Waals surface area contributed by atoms with Gasteiger partial charge in [-0.05, 0) is 88.7 Å². The molecule has 5 N–H and O–H groups in total. The van der Waals surface area contributed by atoms with Crippen LogP contribution in [0.3, 0.4) is 0 Å². The number of nitrogens with zero attached hydrogens (tertiary/aromatic N) is 2. The highest BCUT2D eigenvalue weighted by Gasteiger charge is 2.62. The summed E-state index contributed by atoms with van der Waals surface area (Å²) in [7, 11) is 3.01. The Balaban J connectivity index is 1.04. The number of para-hydroxylation sites is 2. The van der Waals surface area contributed by atoms with Crippen LogP contribution >= 0.6 is 92.8 Å².